The second kappa shape index (κ2) is 8.95. The van der Waals surface area contributed by atoms with E-state index in [9.17, 15) is 18.0 Å². The Labute approximate surface area is 154 Å². The zero-order valence-electron chi connectivity index (χ0n) is 14.3. The number of carbonyl (C=O) groups excluding carboxylic acids is 1. The number of nitrogens with zero attached hydrogens (tertiary/aromatic N) is 1. The van der Waals surface area contributed by atoms with Crippen LogP contribution in [0.4, 0.5) is 18.9 Å². The van der Waals surface area contributed by atoms with E-state index in [0.717, 1.165) is 17.7 Å². The number of hydrogen-bond acceptors (Lipinski definition) is 4. The van der Waals surface area contributed by atoms with Gasteiger partial charge in [-0.2, -0.15) is 0 Å². The smallest absolute Gasteiger partial charge is 0.406 e. The van der Waals surface area contributed by atoms with Crippen molar-refractivity contribution in [3.63, 3.8) is 0 Å². The van der Waals surface area contributed by atoms with Gasteiger partial charge in [-0.25, -0.2) is 0 Å². The number of rotatable bonds is 7. The Balaban J connectivity index is 1.83. The van der Waals surface area contributed by atoms with Crippen molar-refractivity contribution in [2.24, 2.45) is 0 Å². The number of likely N-dealkylation sites (N-methyl/N-ethyl adjacent to an activating group) is 1. The van der Waals surface area contributed by atoms with Gasteiger partial charge in [-0.3, -0.25) is 9.69 Å². The van der Waals surface area contributed by atoms with Crippen molar-refractivity contribution in [2.75, 3.05) is 25.2 Å². The first-order chi connectivity index (χ1) is 12.2. The van der Waals surface area contributed by atoms with Crippen LogP contribution in [0.3, 0.4) is 0 Å². The van der Waals surface area contributed by atoms with E-state index in [1.807, 2.05) is 42.5 Å². The van der Waals surface area contributed by atoms with Crippen LogP contribution in [0.2, 0.25) is 0 Å². The predicted molar refractivity (Wildman–Crippen MR) is 96.3 cm³/mol. The molecule has 0 unspecified atom stereocenters. The molecular formula is C18H19F3N2O2S. The number of ether oxygens (including phenoxy) is 1. The lowest BCUT2D eigenvalue weighted by Crippen LogP contribution is -2.29. The monoisotopic (exact) mass is 384 g/mol. The maximum atomic E-state index is 12.1. The molecule has 2 aromatic carbocycles. The molecule has 1 amide bonds. The molecule has 0 spiro atoms. The Morgan fingerprint density at radius 3 is 2.27 bits per heavy atom. The van der Waals surface area contributed by atoms with Gasteiger partial charge >= 0.3 is 6.36 Å². The molecule has 0 saturated heterocycles. The number of nitrogens with one attached hydrogen (secondary N) is 1. The maximum absolute atomic E-state index is 12.1. The van der Waals surface area contributed by atoms with E-state index >= 15 is 0 Å². The average Bonchev–Trinajstić information content (AvgIpc) is 2.56. The predicted octanol–water partition coefficient (Wildman–Crippen LogP) is 4.38. The fourth-order valence-electron chi connectivity index (χ4n) is 2.28. The molecule has 0 fully saturated rings. The van der Waals surface area contributed by atoms with Gasteiger partial charge in [-0.05, 0) is 55.3 Å². The summed E-state index contributed by atoms with van der Waals surface area (Å²) in [5.74, 6) is -0.584. The molecule has 0 atom stereocenters. The minimum absolute atomic E-state index is 0.158. The van der Waals surface area contributed by atoms with Gasteiger partial charge < -0.3 is 10.1 Å². The highest BCUT2D eigenvalue weighted by Gasteiger charge is 2.30. The van der Waals surface area contributed by atoms with E-state index in [0.29, 0.717) is 12.2 Å². The number of benzene rings is 2. The summed E-state index contributed by atoms with van der Waals surface area (Å²) in [6.07, 6.45) is -2.73. The Bertz CT molecular complexity index is 719. The summed E-state index contributed by atoms with van der Waals surface area (Å²) in [6.45, 7) is 0.769. The third kappa shape index (κ3) is 6.97. The number of carbonyl (C=O) groups is 1. The maximum Gasteiger partial charge on any atom is 0.573 e. The van der Waals surface area contributed by atoms with E-state index in [1.54, 1.807) is 11.8 Å². The molecule has 0 aromatic heterocycles. The Morgan fingerprint density at radius 2 is 1.73 bits per heavy atom. The first kappa shape index (κ1) is 20.1. The lowest BCUT2D eigenvalue weighted by Gasteiger charge is -2.17. The second-order valence-electron chi connectivity index (χ2n) is 5.64. The molecule has 140 valence electrons. The normalized spacial score (nSPS) is 11.5. The van der Waals surface area contributed by atoms with Gasteiger partial charge in [0.1, 0.15) is 5.75 Å². The summed E-state index contributed by atoms with van der Waals surface area (Å²) in [4.78, 5) is 15.1. The van der Waals surface area contributed by atoms with E-state index in [1.165, 1.54) is 17.0 Å². The van der Waals surface area contributed by atoms with Crippen LogP contribution in [0.1, 0.15) is 5.56 Å². The molecule has 4 nitrogen and oxygen atoms in total. The van der Waals surface area contributed by atoms with Crippen molar-refractivity contribution in [1.29, 1.82) is 0 Å². The number of hydrogen-bond donors (Lipinski definition) is 1. The lowest BCUT2D eigenvalue weighted by atomic mass is 10.2. The zero-order chi connectivity index (χ0) is 19.2. The molecular weight excluding hydrogens is 365 g/mol. The molecule has 0 aliphatic heterocycles. The van der Waals surface area contributed by atoms with Gasteiger partial charge in [0.25, 0.3) is 0 Å². The Morgan fingerprint density at radius 1 is 1.12 bits per heavy atom. The van der Waals surface area contributed by atoms with Crippen molar-refractivity contribution in [3.8, 4) is 5.75 Å². The first-order valence-corrected chi connectivity index (χ1v) is 8.95. The second-order valence-corrected chi connectivity index (χ2v) is 6.52. The van der Waals surface area contributed by atoms with Gasteiger partial charge in [0.2, 0.25) is 5.91 Å². The summed E-state index contributed by atoms with van der Waals surface area (Å²) in [5, 5.41) is 2.65. The number of amides is 1. The van der Waals surface area contributed by atoms with Crippen molar-refractivity contribution < 1.29 is 22.7 Å². The number of halogens is 3. The summed E-state index contributed by atoms with van der Waals surface area (Å²) in [7, 11) is 1.82. The molecule has 2 aromatic rings. The van der Waals surface area contributed by atoms with E-state index in [-0.39, 0.29) is 18.2 Å². The van der Waals surface area contributed by atoms with Crippen LogP contribution in [0.5, 0.6) is 5.75 Å². The molecule has 8 heteroatoms. The standard InChI is InChI=1S/C18H19F3N2O2S/c1-23(11-13-3-9-16(26-2)10-4-13)12-17(24)22-14-5-7-15(8-6-14)25-18(19,20)21/h3-10H,11-12H2,1-2H3,(H,22,24). The number of thioether (sulfide) groups is 1. The van der Waals surface area contributed by atoms with Crippen LogP contribution in [-0.2, 0) is 11.3 Å². The van der Waals surface area contributed by atoms with Gasteiger partial charge in [-0.1, -0.05) is 12.1 Å². The van der Waals surface area contributed by atoms with Crippen molar-refractivity contribution >= 4 is 23.4 Å². The van der Waals surface area contributed by atoms with Gasteiger partial charge in [0.15, 0.2) is 0 Å². The molecule has 1 N–H and O–H groups in total. The highest BCUT2D eigenvalue weighted by atomic mass is 32.2. The summed E-state index contributed by atoms with van der Waals surface area (Å²) >= 11 is 1.66. The SMILES string of the molecule is CSc1ccc(CN(C)CC(=O)Nc2ccc(OC(F)(F)F)cc2)cc1. The fraction of sp³-hybridized carbons (Fsp3) is 0.278. The highest BCUT2D eigenvalue weighted by molar-refractivity contribution is 7.98. The van der Waals surface area contributed by atoms with Gasteiger partial charge in [-0.15, -0.1) is 24.9 Å². The van der Waals surface area contributed by atoms with Gasteiger partial charge in [0, 0.05) is 17.1 Å². The third-order valence-corrected chi connectivity index (χ3v) is 4.14. The van der Waals surface area contributed by atoms with Crippen molar-refractivity contribution in [1.82, 2.24) is 4.90 Å². The van der Waals surface area contributed by atoms with E-state index < -0.39 is 6.36 Å². The molecule has 0 radical (unpaired) electrons. The van der Waals surface area contributed by atoms with Crippen LogP contribution >= 0.6 is 11.8 Å². The average molecular weight is 384 g/mol. The number of alkyl halides is 3. The summed E-state index contributed by atoms with van der Waals surface area (Å²) in [5.41, 5.74) is 1.49. The molecule has 0 aliphatic carbocycles. The summed E-state index contributed by atoms with van der Waals surface area (Å²) in [6, 6.07) is 13.1. The quantitative estimate of drug-likeness (QED) is 0.720. The topological polar surface area (TPSA) is 41.6 Å². The van der Waals surface area contributed by atoms with E-state index in [4.69, 9.17) is 0 Å². The Hall–Kier alpha value is -2.19. The van der Waals surface area contributed by atoms with Crippen LogP contribution in [-0.4, -0.2) is 37.0 Å². The van der Waals surface area contributed by atoms with Gasteiger partial charge in [0.05, 0.1) is 6.54 Å². The minimum Gasteiger partial charge on any atom is -0.406 e. The zero-order valence-corrected chi connectivity index (χ0v) is 15.2. The largest absolute Gasteiger partial charge is 0.573 e. The lowest BCUT2D eigenvalue weighted by molar-refractivity contribution is -0.274. The molecule has 0 bridgehead atoms. The van der Waals surface area contributed by atoms with Crippen LogP contribution in [0.25, 0.3) is 0 Å². The van der Waals surface area contributed by atoms with Crippen LogP contribution in [0, 0.1) is 0 Å². The number of anilines is 1. The van der Waals surface area contributed by atoms with E-state index in [2.05, 4.69) is 10.1 Å². The van der Waals surface area contributed by atoms with Crippen LogP contribution < -0.4 is 10.1 Å². The van der Waals surface area contributed by atoms with Crippen molar-refractivity contribution in [3.05, 3.63) is 54.1 Å². The minimum atomic E-state index is -4.73. The molecule has 2 rings (SSSR count). The highest BCUT2D eigenvalue weighted by Crippen LogP contribution is 2.24. The molecule has 0 aliphatic rings. The summed E-state index contributed by atoms with van der Waals surface area (Å²) < 4.78 is 40.1. The molecule has 0 heterocycles. The first-order valence-electron chi connectivity index (χ1n) is 7.72. The van der Waals surface area contributed by atoms with Crippen LogP contribution in [0.15, 0.2) is 53.4 Å². The van der Waals surface area contributed by atoms with Crippen molar-refractivity contribution in [2.45, 2.75) is 17.8 Å². The third-order valence-electron chi connectivity index (χ3n) is 3.40. The molecule has 26 heavy (non-hydrogen) atoms. The molecule has 0 saturated carbocycles. The fourth-order valence-corrected chi connectivity index (χ4v) is 2.69. The Kier molecular flexibility index (Phi) is 6.93.